The van der Waals surface area contributed by atoms with Gasteiger partial charge in [-0.25, -0.2) is 4.79 Å². The Balaban J connectivity index is 2.18. The van der Waals surface area contributed by atoms with E-state index in [1.54, 1.807) is 36.4 Å². The van der Waals surface area contributed by atoms with Crippen molar-refractivity contribution in [1.29, 1.82) is 0 Å². The van der Waals surface area contributed by atoms with E-state index in [2.05, 4.69) is 0 Å². The van der Waals surface area contributed by atoms with E-state index in [4.69, 9.17) is 10.2 Å². The normalized spacial score (nSPS) is 11.3. The number of carbonyl (C=O) groups is 2. The maximum Gasteiger partial charge on any atom is 0.335 e. The molecule has 2 aromatic carbocycles. The van der Waals surface area contributed by atoms with Crippen molar-refractivity contribution in [2.75, 3.05) is 6.61 Å². The van der Waals surface area contributed by atoms with Gasteiger partial charge in [-0.3, -0.25) is 4.79 Å². The number of aliphatic hydroxyl groups excluding tert-OH is 1. The quantitative estimate of drug-likeness (QED) is 0.372. The number of allylic oxidation sites excluding steroid dienone is 1. The molecule has 2 rings (SSSR count). The minimum absolute atomic E-state index is 0.00457. The maximum atomic E-state index is 12.8. The molecule has 0 aliphatic rings. The van der Waals surface area contributed by atoms with Crippen molar-refractivity contribution >= 4 is 17.8 Å². The average Bonchev–Trinajstić information content (AvgIpc) is 2.67. The smallest absolute Gasteiger partial charge is 0.335 e. The first-order valence-corrected chi connectivity index (χ1v) is 8.86. The summed E-state index contributed by atoms with van der Waals surface area (Å²) in [4.78, 5) is 23.8. The number of carboxylic acids is 1. The summed E-state index contributed by atoms with van der Waals surface area (Å²) in [6, 6.07) is 15.7. The molecule has 136 valence electrons. The van der Waals surface area contributed by atoms with E-state index in [0.717, 1.165) is 31.2 Å². The van der Waals surface area contributed by atoms with Crippen LogP contribution in [0.4, 0.5) is 0 Å². The number of carboxylic acid groups (broad SMARTS) is 1. The molecule has 0 fully saturated rings. The number of hydrogen-bond acceptors (Lipinski definition) is 3. The second kappa shape index (κ2) is 10.3. The van der Waals surface area contributed by atoms with Crippen LogP contribution in [0.3, 0.4) is 0 Å². The number of carbonyl (C=O) groups excluding carboxylic acids is 1. The van der Waals surface area contributed by atoms with Gasteiger partial charge in [0.05, 0.1) is 5.56 Å². The molecule has 0 aliphatic carbocycles. The van der Waals surface area contributed by atoms with Gasteiger partial charge in [0, 0.05) is 17.7 Å². The number of benzene rings is 2. The first-order chi connectivity index (χ1) is 12.6. The summed E-state index contributed by atoms with van der Waals surface area (Å²) < 4.78 is 0. The number of aromatic carboxylic acids is 1. The maximum absolute atomic E-state index is 12.8. The van der Waals surface area contributed by atoms with Gasteiger partial charge in [0.1, 0.15) is 0 Å². The highest BCUT2D eigenvalue weighted by Gasteiger charge is 2.12. The lowest BCUT2D eigenvalue weighted by Gasteiger charge is -2.08. The van der Waals surface area contributed by atoms with Gasteiger partial charge in [-0.05, 0) is 43.0 Å². The van der Waals surface area contributed by atoms with Crippen LogP contribution in [0.1, 0.15) is 58.4 Å². The predicted molar refractivity (Wildman–Crippen MR) is 102 cm³/mol. The molecule has 0 spiro atoms. The topological polar surface area (TPSA) is 74.6 Å². The van der Waals surface area contributed by atoms with Gasteiger partial charge in [0.25, 0.3) is 0 Å². The summed E-state index contributed by atoms with van der Waals surface area (Å²) in [6.45, 7) is 0.196. The van der Waals surface area contributed by atoms with Crippen molar-refractivity contribution in [2.45, 2.75) is 32.1 Å². The van der Waals surface area contributed by atoms with Crippen LogP contribution in [-0.2, 0) is 0 Å². The zero-order valence-electron chi connectivity index (χ0n) is 14.7. The molecule has 0 saturated heterocycles. The lowest BCUT2D eigenvalue weighted by molar-refractivity contribution is 0.0696. The van der Waals surface area contributed by atoms with Crippen molar-refractivity contribution in [1.82, 2.24) is 0 Å². The molecule has 0 bridgehead atoms. The SMILES string of the molecule is O=C(O)c1ccc(C=C(CCCCCCO)C(=O)c2ccccc2)cc1. The number of hydrogen-bond donors (Lipinski definition) is 2. The number of rotatable bonds is 10. The highest BCUT2D eigenvalue weighted by molar-refractivity contribution is 6.11. The molecule has 2 N–H and O–H groups in total. The molecule has 4 heteroatoms. The fraction of sp³-hybridized carbons (Fsp3) is 0.273. The molecule has 2 aromatic rings. The van der Waals surface area contributed by atoms with Gasteiger partial charge in [0.2, 0.25) is 0 Å². The number of Topliss-reactive ketones (excluding diaryl/α,β-unsaturated/α-hetero) is 1. The molecule has 4 nitrogen and oxygen atoms in total. The third-order valence-electron chi connectivity index (χ3n) is 4.18. The molecule has 0 amide bonds. The molecule has 0 aromatic heterocycles. The van der Waals surface area contributed by atoms with E-state index in [-0.39, 0.29) is 18.0 Å². The predicted octanol–water partition coefficient (Wildman–Crippen LogP) is 4.59. The monoisotopic (exact) mass is 352 g/mol. The highest BCUT2D eigenvalue weighted by atomic mass is 16.4. The van der Waals surface area contributed by atoms with Gasteiger partial charge in [-0.1, -0.05) is 55.3 Å². The van der Waals surface area contributed by atoms with E-state index >= 15 is 0 Å². The zero-order chi connectivity index (χ0) is 18.8. The molecular formula is C22H24O4. The van der Waals surface area contributed by atoms with Crippen LogP contribution in [0.2, 0.25) is 0 Å². The molecule has 0 aliphatic heterocycles. The Kier molecular flexibility index (Phi) is 7.77. The van der Waals surface area contributed by atoms with Crippen LogP contribution < -0.4 is 0 Å². The Hall–Kier alpha value is -2.72. The molecule has 0 heterocycles. The van der Waals surface area contributed by atoms with Crippen molar-refractivity contribution in [3.8, 4) is 0 Å². The minimum Gasteiger partial charge on any atom is -0.478 e. The van der Waals surface area contributed by atoms with Crippen LogP contribution in [0.5, 0.6) is 0 Å². The van der Waals surface area contributed by atoms with Crippen molar-refractivity contribution in [3.63, 3.8) is 0 Å². The summed E-state index contributed by atoms with van der Waals surface area (Å²) in [7, 11) is 0. The fourth-order valence-electron chi connectivity index (χ4n) is 2.73. The fourth-order valence-corrected chi connectivity index (χ4v) is 2.73. The Morgan fingerprint density at radius 3 is 2.08 bits per heavy atom. The van der Waals surface area contributed by atoms with Crippen LogP contribution >= 0.6 is 0 Å². The summed E-state index contributed by atoms with van der Waals surface area (Å²) in [6.07, 6.45) is 6.04. The van der Waals surface area contributed by atoms with Crippen molar-refractivity contribution in [2.24, 2.45) is 0 Å². The van der Waals surface area contributed by atoms with Crippen LogP contribution in [0.15, 0.2) is 60.2 Å². The van der Waals surface area contributed by atoms with Crippen molar-refractivity contribution < 1.29 is 19.8 Å². The summed E-state index contributed by atoms with van der Waals surface area (Å²) in [5, 5.41) is 17.9. The van der Waals surface area contributed by atoms with Gasteiger partial charge in [-0.15, -0.1) is 0 Å². The van der Waals surface area contributed by atoms with Gasteiger partial charge < -0.3 is 10.2 Å². The second-order valence-electron chi connectivity index (χ2n) is 6.18. The Labute approximate surface area is 153 Å². The molecule has 0 radical (unpaired) electrons. The molecule has 26 heavy (non-hydrogen) atoms. The molecule has 0 unspecified atom stereocenters. The van der Waals surface area contributed by atoms with E-state index in [9.17, 15) is 9.59 Å². The number of ketones is 1. The van der Waals surface area contributed by atoms with Gasteiger partial charge in [-0.2, -0.15) is 0 Å². The zero-order valence-corrected chi connectivity index (χ0v) is 14.7. The van der Waals surface area contributed by atoms with E-state index in [0.29, 0.717) is 17.6 Å². The third-order valence-corrected chi connectivity index (χ3v) is 4.18. The lowest BCUT2D eigenvalue weighted by Crippen LogP contribution is -2.04. The molecule has 0 atom stereocenters. The number of unbranched alkanes of at least 4 members (excludes halogenated alkanes) is 3. The largest absolute Gasteiger partial charge is 0.478 e. The van der Waals surface area contributed by atoms with Gasteiger partial charge in [0.15, 0.2) is 5.78 Å². The molecule has 0 saturated carbocycles. The Morgan fingerprint density at radius 1 is 0.808 bits per heavy atom. The van der Waals surface area contributed by atoms with Crippen LogP contribution in [0.25, 0.3) is 6.08 Å². The van der Waals surface area contributed by atoms with E-state index in [1.165, 1.54) is 0 Å². The first kappa shape index (κ1) is 19.6. The lowest BCUT2D eigenvalue weighted by atomic mass is 9.95. The van der Waals surface area contributed by atoms with Gasteiger partial charge >= 0.3 is 5.97 Å². The first-order valence-electron chi connectivity index (χ1n) is 8.86. The summed E-state index contributed by atoms with van der Waals surface area (Å²) in [5.74, 6) is -0.972. The second-order valence-corrected chi connectivity index (χ2v) is 6.18. The average molecular weight is 352 g/mol. The van der Waals surface area contributed by atoms with E-state index < -0.39 is 5.97 Å². The summed E-state index contributed by atoms with van der Waals surface area (Å²) >= 11 is 0. The molecular weight excluding hydrogens is 328 g/mol. The van der Waals surface area contributed by atoms with Crippen LogP contribution in [0, 0.1) is 0 Å². The van der Waals surface area contributed by atoms with Crippen LogP contribution in [-0.4, -0.2) is 28.6 Å². The third kappa shape index (κ3) is 5.97. The Morgan fingerprint density at radius 2 is 1.46 bits per heavy atom. The van der Waals surface area contributed by atoms with E-state index in [1.807, 2.05) is 24.3 Å². The standard InChI is InChI=1S/C22H24O4/c23-15-7-2-1-4-10-20(21(24)18-8-5-3-6-9-18)16-17-11-13-19(14-12-17)22(25)26/h3,5-6,8-9,11-14,16,23H,1-2,4,7,10,15H2,(H,25,26). The highest BCUT2D eigenvalue weighted by Crippen LogP contribution is 2.19. The number of aliphatic hydroxyl groups is 1. The minimum atomic E-state index is -0.968. The Bertz CT molecular complexity index is 745. The van der Waals surface area contributed by atoms with Crippen molar-refractivity contribution in [3.05, 3.63) is 76.9 Å². The summed E-state index contributed by atoms with van der Waals surface area (Å²) in [5.41, 5.74) is 2.39.